The van der Waals surface area contributed by atoms with E-state index in [1.54, 1.807) is 24.3 Å². The number of halogens is 3. The van der Waals surface area contributed by atoms with Crippen molar-refractivity contribution in [1.82, 2.24) is 5.32 Å². The number of hydrogen-bond donors (Lipinski definition) is 1. The van der Waals surface area contributed by atoms with Crippen molar-refractivity contribution < 1.29 is 9.18 Å². The number of nitrogens with one attached hydrogen (secondary N) is 1. The van der Waals surface area contributed by atoms with Crippen molar-refractivity contribution >= 4 is 40.1 Å². The van der Waals surface area contributed by atoms with Gasteiger partial charge in [-0.3, -0.25) is 4.79 Å². The standard InChI is InChI=1S/C15H12ClFINO/c16-11-4-5-14(18)13(9-11)15(20)19-7-6-10-2-1-3-12(17)8-10/h1-5,8-9H,6-7H2,(H,19,20). The summed E-state index contributed by atoms with van der Waals surface area (Å²) in [5.74, 6) is -0.438. The van der Waals surface area contributed by atoms with Gasteiger partial charge in [-0.15, -0.1) is 0 Å². The molecule has 2 aromatic rings. The SMILES string of the molecule is O=C(NCCc1cccc(F)c1)c1cc(Cl)ccc1I. The van der Waals surface area contributed by atoms with Crippen molar-refractivity contribution in [3.05, 3.63) is 68.0 Å². The molecular formula is C15H12ClFINO. The number of rotatable bonds is 4. The fourth-order valence-corrected chi connectivity index (χ4v) is 2.53. The maximum atomic E-state index is 13.0. The van der Waals surface area contributed by atoms with Crippen LogP contribution in [0.1, 0.15) is 15.9 Å². The van der Waals surface area contributed by atoms with Crippen LogP contribution in [0.3, 0.4) is 0 Å². The quantitative estimate of drug-likeness (QED) is 0.767. The van der Waals surface area contributed by atoms with Crippen molar-refractivity contribution in [2.75, 3.05) is 6.54 Å². The number of hydrogen-bond acceptors (Lipinski definition) is 1. The van der Waals surface area contributed by atoms with Crippen LogP contribution in [0.4, 0.5) is 4.39 Å². The molecule has 20 heavy (non-hydrogen) atoms. The minimum atomic E-state index is -0.266. The summed E-state index contributed by atoms with van der Waals surface area (Å²) in [6.07, 6.45) is 0.584. The molecule has 5 heteroatoms. The molecule has 0 aliphatic carbocycles. The lowest BCUT2D eigenvalue weighted by Crippen LogP contribution is -2.26. The molecule has 0 aromatic heterocycles. The summed E-state index contributed by atoms with van der Waals surface area (Å²) in [4.78, 5) is 12.0. The molecule has 0 radical (unpaired) electrons. The maximum Gasteiger partial charge on any atom is 0.252 e. The number of amides is 1. The molecular weight excluding hydrogens is 392 g/mol. The first-order valence-corrected chi connectivity index (χ1v) is 7.49. The summed E-state index contributed by atoms with van der Waals surface area (Å²) in [6, 6.07) is 11.5. The van der Waals surface area contributed by atoms with E-state index in [9.17, 15) is 9.18 Å². The van der Waals surface area contributed by atoms with Gasteiger partial charge in [-0.05, 0) is 64.9 Å². The topological polar surface area (TPSA) is 29.1 Å². The molecule has 1 amide bonds. The van der Waals surface area contributed by atoms with Crippen LogP contribution in [0.2, 0.25) is 5.02 Å². The Hall–Kier alpha value is -1.14. The Morgan fingerprint density at radius 1 is 1.25 bits per heavy atom. The van der Waals surface area contributed by atoms with E-state index >= 15 is 0 Å². The Balaban J connectivity index is 1.94. The Labute approximate surface area is 135 Å². The highest BCUT2D eigenvalue weighted by Gasteiger charge is 2.10. The lowest BCUT2D eigenvalue weighted by atomic mass is 10.1. The van der Waals surface area contributed by atoms with E-state index in [-0.39, 0.29) is 11.7 Å². The average Bonchev–Trinajstić information content (AvgIpc) is 2.41. The zero-order chi connectivity index (χ0) is 14.5. The van der Waals surface area contributed by atoms with Gasteiger partial charge in [-0.25, -0.2) is 4.39 Å². The van der Waals surface area contributed by atoms with Gasteiger partial charge in [-0.1, -0.05) is 23.7 Å². The molecule has 0 saturated heterocycles. The van der Waals surface area contributed by atoms with Crippen LogP contribution in [0.15, 0.2) is 42.5 Å². The van der Waals surface area contributed by atoms with E-state index in [2.05, 4.69) is 27.9 Å². The zero-order valence-electron chi connectivity index (χ0n) is 10.5. The predicted molar refractivity (Wildman–Crippen MR) is 86.6 cm³/mol. The first-order valence-electron chi connectivity index (χ1n) is 6.04. The van der Waals surface area contributed by atoms with Crippen LogP contribution in [0.25, 0.3) is 0 Å². The lowest BCUT2D eigenvalue weighted by Gasteiger charge is -2.07. The molecule has 0 atom stereocenters. The molecule has 0 aliphatic heterocycles. The third-order valence-electron chi connectivity index (χ3n) is 2.76. The van der Waals surface area contributed by atoms with Gasteiger partial charge < -0.3 is 5.32 Å². The van der Waals surface area contributed by atoms with Gasteiger partial charge in [0.2, 0.25) is 0 Å². The van der Waals surface area contributed by atoms with Crippen LogP contribution in [0, 0.1) is 9.39 Å². The highest BCUT2D eigenvalue weighted by atomic mass is 127. The van der Waals surface area contributed by atoms with Gasteiger partial charge in [0.25, 0.3) is 5.91 Å². The van der Waals surface area contributed by atoms with E-state index in [1.165, 1.54) is 12.1 Å². The number of benzene rings is 2. The molecule has 104 valence electrons. The highest BCUT2D eigenvalue weighted by Crippen LogP contribution is 2.17. The van der Waals surface area contributed by atoms with Crippen LogP contribution in [-0.4, -0.2) is 12.5 Å². The van der Waals surface area contributed by atoms with Gasteiger partial charge in [0.15, 0.2) is 0 Å². The summed E-state index contributed by atoms with van der Waals surface area (Å²) >= 11 is 7.97. The van der Waals surface area contributed by atoms with E-state index in [0.717, 1.165) is 9.13 Å². The van der Waals surface area contributed by atoms with Crippen molar-refractivity contribution in [1.29, 1.82) is 0 Å². The van der Waals surface area contributed by atoms with Gasteiger partial charge in [0, 0.05) is 15.1 Å². The molecule has 2 nitrogen and oxygen atoms in total. The number of carbonyl (C=O) groups is 1. The van der Waals surface area contributed by atoms with Gasteiger partial charge in [-0.2, -0.15) is 0 Å². The molecule has 0 spiro atoms. The van der Waals surface area contributed by atoms with Crippen molar-refractivity contribution in [2.45, 2.75) is 6.42 Å². The minimum absolute atomic E-state index is 0.173. The Morgan fingerprint density at radius 2 is 2.05 bits per heavy atom. The molecule has 0 saturated carbocycles. The van der Waals surface area contributed by atoms with Crippen LogP contribution in [0.5, 0.6) is 0 Å². The second-order valence-corrected chi connectivity index (χ2v) is 5.86. The molecule has 0 bridgehead atoms. The van der Waals surface area contributed by atoms with Gasteiger partial charge in [0.05, 0.1) is 5.56 Å². The van der Waals surface area contributed by atoms with Crippen LogP contribution in [-0.2, 0) is 6.42 Å². The average molecular weight is 404 g/mol. The molecule has 0 aliphatic rings. The third kappa shape index (κ3) is 4.18. The molecule has 2 rings (SSSR count). The van der Waals surface area contributed by atoms with Gasteiger partial charge >= 0.3 is 0 Å². The van der Waals surface area contributed by atoms with E-state index in [0.29, 0.717) is 23.6 Å². The van der Waals surface area contributed by atoms with Gasteiger partial charge in [0.1, 0.15) is 5.82 Å². The first-order chi connectivity index (χ1) is 9.56. The summed E-state index contributed by atoms with van der Waals surface area (Å²) in [6.45, 7) is 0.449. The fraction of sp³-hybridized carbons (Fsp3) is 0.133. The third-order valence-corrected chi connectivity index (χ3v) is 3.94. The van der Waals surface area contributed by atoms with Crippen molar-refractivity contribution in [2.24, 2.45) is 0 Å². The normalized spacial score (nSPS) is 10.3. The van der Waals surface area contributed by atoms with Crippen LogP contribution < -0.4 is 5.32 Å². The summed E-state index contributed by atoms with van der Waals surface area (Å²) < 4.78 is 13.9. The minimum Gasteiger partial charge on any atom is -0.352 e. The van der Waals surface area contributed by atoms with E-state index in [1.807, 2.05) is 6.07 Å². The lowest BCUT2D eigenvalue weighted by molar-refractivity contribution is 0.0953. The zero-order valence-corrected chi connectivity index (χ0v) is 13.4. The molecule has 0 unspecified atom stereocenters. The second-order valence-electron chi connectivity index (χ2n) is 4.26. The maximum absolute atomic E-state index is 13.0. The van der Waals surface area contributed by atoms with Crippen LogP contribution >= 0.6 is 34.2 Å². The Bertz CT molecular complexity index is 633. The smallest absolute Gasteiger partial charge is 0.252 e. The summed E-state index contributed by atoms with van der Waals surface area (Å²) in [7, 11) is 0. The number of carbonyl (C=O) groups excluding carboxylic acids is 1. The molecule has 0 heterocycles. The Kier molecular flexibility index (Phi) is 5.37. The fourth-order valence-electron chi connectivity index (χ4n) is 1.78. The Morgan fingerprint density at radius 3 is 2.80 bits per heavy atom. The molecule has 0 fully saturated rings. The summed E-state index contributed by atoms with van der Waals surface area (Å²) in [5.41, 5.74) is 1.41. The summed E-state index contributed by atoms with van der Waals surface area (Å²) in [5, 5.41) is 3.34. The van der Waals surface area contributed by atoms with E-state index in [4.69, 9.17) is 11.6 Å². The molecule has 1 N–H and O–H groups in total. The largest absolute Gasteiger partial charge is 0.352 e. The highest BCUT2D eigenvalue weighted by molar-refractivity contribution is 14.1. The van der Waals surface area contributed by atoms with Crippen molar-refractivity contribution in [3.63, 3.8) is 0 Å². The van der Waals surface area contributed by atoms with Crippen molar-refractivity contribution in [3.8, 4) is 0 Å². The first kappa shape index (κ1) is 15.3. The molecule has 2 aromatic carbocycles. The monoisotopic (exact) mass is 403 g/mol. The van der Waals surface area contributed by atoms with E-state index < -0.39 is 0 Å². The second kappa shape index (κ2) is 7.04. The predicted octanol–water partition coefficient (Wildman–Crippen LogP) is 4.06.